The quantitative estimate of drug-likeness (QED) is 0.677. The number of hydrogen-bond donors (Lipinski definition) is 4. The first-order valence-corrected chi connectivity index (χ1v) is 8.97. The number of anilines is 2. The first-order valence-electron chi connectivity index (χ1n) is 8.97. The third kappa shape index (κ3) is 3.49. The van der Waals surface area contributed by atoms with Crippen molar-refractivity contribution in [2.75, 3.05) is 10.6 Å². The highest BCUT2D eigenvalue weighted by atomic mass is 16.3. The van der Waals surface area contributed by atoms with Crippen LogP contribution in [0.4, 0.5) is 11.4 Å². The molecule has 136 valence electrons. The molecule has 3 unspecified atom stereocenters. The lowest BCUT2D eigenvalue weighted by Gasteiger charge is -2.26. The average molecular weight is 354 g/mol. The molecule has 1 aromatic carbocycles. The molecule has 2 heterocycles. The molecule has 1 saturated heterocycles. The van der Waals surface area contributed by atoms with Crippen LogP contribution in [0.5, 0.6) is 0 Å². The lowest BCUT2D eigenvalue weighted by Crippen LogP contribution is -2.42. The zero-order chi connectivity index (χ0) is 17.9. The molecule has 2 aromatic rings. The second kappa shape index (κ2) is 7.31. The molecule has 1 saturated carbocycles. The summed E-state index contributed by atoms with van der Waals surface area (Å²) < 4.78 is 5.06. The fourth-order valence-corrected chi connectivity index (χ4v) is 3.76. The predicted molar refractivity (Wildman–Crippen MR) is 97.5 cm³/mol. The van der Waals surface area contributed by atoms with E-state index in [1.807, 2.05) is 0 Å². The molecule has 4 rings (SSSR count). The SMILES string of the molecule is O=C(Nc1ccc(NC(=O)C2NNC3CCCCC32)cc1)c1ccco1. The summed E-state index contributed by atoms with van der Waals surface area (Å²) in [5.74, 6) is 0.260. The van der Waals surface area contributed by atoms with Gasteiger partial charge in [-0.25, -0.2) is 5.43 Å². The molecule has 3 atom stereocenters. The summed E-state index contributed by atoms with van der Waals surface area (Å²) in [6.45, 7) is 0. The molecule has 1 aliphatic carbocycles. The Kier molecular flexibility index (Phi) is 4.73. The molecule has 2 fully saturated rings. The minimum atomic E-state index is -0.309. The Labute approximate surface area is 151 Å². The van der Waals surface area contributed by atoms with E-state index in [2.05, 4.69) is 21.5 Å². The van der Waals surface area contributed by atoms with Gasteiger partial charge in [0.05, 0.1) is 6.26 Å². The van der Waals surface area contributed by atoms with E-state index in [0.29, 0.717) is 23.3 Å². The van der Waals surface area contributed by atoms with E-state index in [1.54, 1.807) is 36.4 Å². The Hall–Kier alpha value is -2.64. The minimum absolute atomic E-state index is 0.0285. The summed E-state index contributed by atoms with van der Waals surface area (Å²) in [5.41, 5.74) is 7.73. The number of rotatable bonds is 4. The minimum Gasteiger partial charge on any atom is -0.459 e. The van der Waals surface area contributed by atoms with Gasteiger partial charge in [0, 0.05) is 23.3 Å². The molecule has 0 radical (unpaired) electrons. The van der Waals surface area contributed by atoms with E-state index in [9.17, 15) is 9.59 Å². The molecule has 0 bridgehead atoms. The van der Waals surface area contributed by atoms with Crippen LogP contribution in [0.2, 0.25) is 0 Å². The van der Waals surface area contributed by atoms with Crippen molar-refractivity contribution in [1.82, 2.24) is 10.9 Å². The zero-order valence-corrected chi connectivity index (χ0v) is 14.3. The van der Waals surface area contributed by atoms with Crippen LogP contribution in [-0.4, -0.2) is 23.9 Å². The van der Waals surface area contributed by atoms with E-state index in [0.717, 1.165) is 12.8 Å². The normalized spacial score (nSPS) is 24.7. The van der Waals surface area contributed by atoms with Crippen molar-refractivity contribution < 1.29 is 14.0 Å². The Bertz CT molecular complexity index is 773. The Morgan fingerprint density at radius 1 is 0.962 bits per heavy atom. The van der Waals surface area contributed by atoms with Gasteiger partial charge in [-0.1, -0.05) is 12.8 Å². The topological polar surface area (TPSA) is 95.4 Å². The van der Waals surface area contributed by atoms with Crippen LogP contribution in [0.1, 0.15) is 36.2 Å². The first kappa shape index (κ1) is 16.8. The summed E-state index contributed by atoms with van der Waals surface area (Å²) in [5, 5.41) is 5.70. The van der Waals surface area contributed by atoms with Crippen LogP contribution >= 0.6 is 0 Å². The number of fused-ring (bicyclic) bond motifs is 1. The maximum Gasteiger partial charge on any atom is 0.291 e. The van der Waals surface area contributed by atoms with Crippen molar-refractivity contribution in [3.8, 4) is 0 Å². The van der Waals surface area contributed by atoms with Crippen molar-refractivity contribution in [2.45, 2.75) is 37.8 Å². The first-order chi connectivity index (χ1) is 12.7. The molecular weight excluding hydrogens is 332 g/mol. The van der Waals surface area contributed by atoms with Gasteiger partial charge in [0.1, 0.15) is 6.04 Å². The van der Waals surface area contributed by atoms with Crippen molar-refractivity contribution in [1.29, 1.82) is 0 Å². The van der Waals surface area contributed by atoms with Gasteiger partial charge in [0.25, 0.3) is 5.91 Å². The van der Waals surface area contributed by atoms with E-state index >= 15 is 0 Å². The molecular formula is C19H22N4O3. The molecule has 0 spiro atoms. The fraction of sp³-hybridized carbons (Fsp3) is 0.368. The number of carbonyl (C=O) groups excluding carboxylic acids is 2. The van der Waals surface area contributed by atoms with Crippen LogP contribution in [0.25, 0.3) is 0 Å². The third-order valence-electron chi connectivity index (χ3n) is 5.11. The van der Waals surface area contributed by atoms with E-state index in [-0.39, 0.29) is 23.6 Å². The highest BCUT2D eigenvalue weighted by Crippen LogP contribution is 2.30. The van der Waals surface area contributed by atoms with E-state index in [4.69, 9.17) is 4.42 Å². The molecule has 26 heavy (non-hydrogen) atoms. The smallest absolute Gasteiger partial charge is 0.291 e. The van der Waals surface area contributed by atoms with Gasteiger partial charge in [-0.3, -0.25) is 15.0 Å². The maximum absolute atomic E-state index is 12.6. The van der Waals surface area contributed by atoms with Gasteiger partial charge in [-0.15, -0.1) is 0 Å². The predicted octanol–water partition coefficient (Wildman–Crippen LogP) is 2.51. The van der Waals surface area contributed by atoms with Gasteiger partial charge < -0.3 is 15.1 Å². The van der Waals surface area contributed by atoms with Crippen molar-refractivity contribution in [3.63, 3.8) is 0 Å². The number of furan rings is 1. The number of nitrogens with one attached hydrogen (secondary N) is 4. The number of hydrogen-bond acceptors (Lipinski definition) is 5. The summed E-state index contributed by atoms with van der Waals surface area (Å²) in [4.78, 5) is 24.5. The van der Waals surface area contributed by atoms with E-state index in [1.165, 1.54) is 19.1 Å². The molecule has 2 amide bonds. The van der Waals surface area contributed by atoms with Gasteiger partial charge in [0.15, 0.2) is 5.76 Å². The van der Waals surface area contributed by atoms with Crippen LogP contribution in [-0.2, 0) is 4.79 Å². The molecule has 2 aliphatic rings. The number of benzene rings is 1. The largest absolute Gasteiger partial charge is 0.459 e. The molecule has 1 aliphatic heterocycles. The second-order valence-electron chi connectivity index (χ2n) is 6.82. The molecule has 7 nitrogen and oxygen atoms in total. The van der Waals surface area contributed by atoms with Crippen LogP contribution in [0.15, 0.2) is 47.1 Å². The van der Waals surface area contributed by atoms with Crippen molar-refractivity contribution >= 4 is 23.2 Å². The lowest BCUT2D eigenvalue weighted by atomic mass is 9.81. The Balaban J connectivity index is 1.35. The number of amides is 2. The van der Waals surface area contributed by atoms with Crippen molar-refractivity contribution in [3.05, 3.63) is 48.4 Å². The summed E-state index contributed by atoms with van der Waals surface area (Å²) in [6, 6.07) is 10.5. The van der Waals surface area contributed by atoms with Gasteiger partial charge >= 0.3 is 0 Å². The average Bonchev–Trinajstić information content (AvgIpc) is 3.33. The Morgan fingerprint density at radius 3 is 2.42 bits per heavy atom. The summed E-state index contributed by atoms with van der Waals surface area (Å²) >= 11 is 0. The summed E-state index contributed by atoms with van der Waals surface area (Å²) in [7, 11) is 0. The zero-order valence-electron chi connectivity index (χ0n) is 14.3. The molecule has 4 N–H and O–H groups in total. The number of hydrazine groups is 1. The Morgan fingerprint density at radius 2 is 1.69 bits per heavy atom. The monoisotopic (exact) mass is 354 g/mol. The molecule has 7 heteroatoms. The van der Waals surface area contributed by atoms with Crippen LogP contribution in [0.3, 0.4) is 0 Å². The maximum atomic E-state index is 12.6. The highest BCUT2D eigenvalue weighted by Gasteiger charge is 2.40. The standard InChI is InChI=1S/C19H22N4O3/c24-18(16-6-3-11-26-16)20-12-7-9-13(10-8-12)21-19(25)17-14-4-1-2-5-15(14)22-23-17/h3,6-11,14-15,17,22-23H,1-2,4-5H2,(H,20,24)(H,21,25). The van der Waals surface area contributed by atoms with Gasteiger partial charge in [0.2, 0.25) is 5.91 Å². The third-order valence-corrected chi connectivity index (χ3v) is 5.11. The van der Waals surface area contributed by atoms with Crippen LogP contribution < -0.4 is 21.5 Å². The lowest BCUT2D eigenvalue weighted by molar-refractivity contribution is -0.118. The number of carbonyl (C=O) groups is 2. The van der Waals surface area contributed by atoms with Gasteiger partial charge in [-0.2, -0.15) is 0 Å². The second-order valence-corrected chi connectivity index (χ2v) is 6.82. The van der Waals surface area contributed by atoms with Crippen molar-refractivity contribution in [2.24, 2.45) is 5.92 Å². The highest BCUT2D eigenvalue weighted by molar-refractivity contribution is 6.02. The van der Waals surface area contributed by atoms with Gasteiger partial charge in [-0.05, 0) is 49.2 Å². The van der Waals surface area contributed by atoms with Crippen LogP contribution in [0, 0.1) is 5.92 Å². The van der Waals surface area contributed by atoms with E-state index < -0.39 is 0 Å². The molecule has 1 aromatic heterocycles. The summed E-state index contributed by atoms with van der Waals surface area (Å²) in [6.07, 6.45) is 6.04. The fourth-order valence-electron chi connectivity index (χ4n) is 3.76.